The van der Waals surface area contributed by atoms with E-state index < -0.39 is 0 Å². The van der Waals surface area contributed by atoms with Crippen LogP contribution in [0.25, 0.3) is 17.2 Å². The second-order valence-electron chi connectivity index (χ2n) is 6.37. The van der Waals surface area contributed by atoms with Crippen LogP contribution in [-0.4, -0.2) is 36.9 Å². The van der Waals surface area contributed by atoms with Gasteiger partial charge in [-0.25, -0.2) is 9.37 Å². The van der Waals surface area contributed by atoms with E-state index >= 15 is 0 Å². The molecule has 0 atom stereocenters. The van der Waals surface area contributed by atoms with Crippen LogP contribution in [0.2, 0.25) is 0 Å². The van der Waals surface area contributed by atoms with Crippen LogP contribution in [0.3, 0.4) is 0 Å². The van der Waals surface area contributed by atoms with Gasteiger partial charge in [-0.2, -0.15) is 4.52 Å². The third kappa shape index (κ3) is 3.20. The molecule has 7 nitrogen and oxygen atoms in total. The molecule has 0 aliphatic heterocycles. The summed E-state index contributed by atoms with van der Waals surface area (Å²) in [5.74, 6) is 0.203. The SMILES string of the molecule is CCN(Cc1ccccc1F)C(=O)c1cc(N)n2nc(-c3ccc[nH]3)nc2c1. The molecular formula is C20H19FN6O. The van der Waals surface area contributed by atoms with Crippen LogP contribution >= 0.6 is 0 Å². The average molecular weight is 378 g/mol. The normalized spacial score (nSPS) is 11.1. The van der Waals surface area contributed by atoms with Gasteiger partial charge in [0.2, 0.25) is 0 Å². The number of halogens is 1. The zero-order chi connectivity index (χ0) is 19.7. The van der Waals surface area contributed by atoms with E-state index in [9.17, 15) is 9.18 Å². The molecule has 0 fully saturated rings. The number of aromatic nitrogens is 4. The lowest BCUT2D eigenvalue weighted by molar-refractivity contribution is 0.0751. The minimum absolute atomic E-state index is 0.174. The molecule has 1 amide bonds. The van der Waals surface area contributed by atoms with E-state index in [-0.39, 0.29) is 18.3 Å². The second kappa shape index (κ2) is 7.15. The minimum Gasteiger partial charge on any atom is -0.384 e. The summed E-state index contributed by atoms with van der Waals surface area (Å²) < 4.78 is 15.5. The zero-order valence-electron chi connectivity index (χ0n) is 15.3. The van der Waals surface area contributed by atoms with E-state index in [0.717, 1.165) is 5.69 Å². The third-order valence-electron chi connectivity index (χ3n) is 4.54. The Balaban J connectivity index is 1.67. The van der Waals surface area contributed by atoms with Crippen molar-refractivity contribution < 1.29 is 9.18 Å². The van der Waals surface area contributed by atoms with Crippen molar-refractivity contribution in [1.82, 2.24) is 24.5 Å². The highest BCUT2D eigenvalue weighted by molar-refractivity contribution is 5.96. The standard InChI is InChI=1S/C20H19FN6O/c1-2-26(12-13-6-3-4-7-15(13)21)20(28)14-10-17(22)27-18(11-14)24-19(25-27)16-8-5-9-23-16/h3-11,23H,2,12,22H2,1H3. The number of aromatic amines is 1. The maximum absolute atomic E-state index is 14.0. The van der Waals surface area contributed by atoms with Crippen molar-refractivity contribution in [2.45, 2.75) is 13.5 Å². The summed E-state index contributed by atoms with van der Waals surface area (Å²) in [6.07, 6.45) is 1.78. The summed E-state index contributed by atoms with van der Waals surface area (Å²) in [6.45, 7) is 2.45. The first-order valence-corrected chi connectivity index (χ1v) is 8.89. The first kappa shape index (κ1) is 17.7. The minimum atomic E-state index is -0.336. The molecule has 0 aliphatic rings. The molecule has 0 unspecified atom stereocenters. The van der Waals surface area contributed by atoms with Crippen LogP contribution in [-0.2, 0) is 6.54 Å². The first-order valence-electron chi connectivity index (χ1n) is 8.89. The summed E-state index contributed by atoms with van der Waals surface area (Å²) in [7, 11) is 0. The van der Waals surface area contributed by atoms with Crippen molar-refractivity contribution in [3.8, 4) is 11.5 Å². The topological polar surface area (TPSA) is 92.3 Å². The lowest BCUT2D eigenvalue weighted by atomic mass is 10.1. The van der Waals surface area contributed by atoms with Crippen molar-refractivity contribution in [1.29, 1.82) is 0 Å². The van der Waals surface area contributed by atoms with Gasteiger partial charge in [-0.1, -0.05) is 18.2 Å². The van der Waals surface area contributed by atoms with E-state index in [0.29, 0.717) is 35.0 Å². The molecule has 4 aromatic rings. The average Bonchev–Trinajstić information content (AvgIpc) is 3.36. The molecule has 142 valence electrons. The molecule has 0 spiro atoms. The Labute approximate surface area is 160 Å². The number of carbonyl (C=O) groups is 1. The largest absolute Gasteiger partial charge is 0.384 e. The molecule has 1 aromatic carbocycles. The molecule has 0 aliphatic carbocycles. The van der Waals surface area contributed by atoms with E-state index in [1.807, 2.05) is 19.1 Å². The Bertz CT molecular complexity index is 1140. The highest BCUT2D eigenvalue weighted by atomic mass is 19.1. The number of nitrogen functional groups attached to an aromatic ring is 1. The molecular weight excluding hydrogens is 359 g/mol. The van der Waals surface area contributed by atoms with E-state index in [1.165, 1.54) is 10.6 Å². The fourth-order valence-corrected chi connectivity index (χ4v) is 3.06. The van der Waals surface area contributed by atoms with Crippen LogP contribution in [0.15, 0.2) is 54.7 Å². The molecule has 3 N–H and O–H groups in total. The number of nitrogens with zero attached hydrogens (tertiary/aromatic N) is 4. The van der Waals surface area contributed by atoms with E-state index in [1.54, 1.807) is 41.4 Å². The van der Waals surface area contributed by atoms with Gasteiger partial charge in [0.05, 0.1) is 5.69 Å². The van der Waals surface area contributed by atoms with Gasteiger partial charge in [-0.15, -0.1) is 5.10 Å². The van der Waals surface area contributed by atoms with Gasteiger partial charge in [0.15, 0.2) is 11.5 Å². The van der Waals surface area contributed by atoms with Crippen LogP contribution in [0.5, 0.6) is 0 Å². The smallest absolute Gasteiger partial charge is 0.254 e. The zero-order valence-corrected chi connectivity index (χ0v) is 15.3. The summed E-state index contributed by atoms with van der Waals surface area (Å²) in [5.41, 5.74) is 8.17. The number of amides is 1. The predicted octanol–water partition coefficient (Wildman–Crippen LogP) is 3.11. The van der Waals surface area contributed by atoms with Crippen molar-refractivity contribution in [3.05, 3.63) is 71.7 Å². The summed E-state index contributed by atoms with van der Waals surface area (Å²) in [5, 5.41) is 4.37. The van der Waals surface area contributed by atoms with Crippen molar-refractivity contribution in [2.75, 3.05) is 12.3 Å². The van der Waals surface area contributed by atoms with E-state index in [2.05, 4.69) is 15.1 Å². The number of pyridine rings is 1. The summed E-state index contributed by atoms with van der Waals surface area (Å²) in [4.78, 5) is 22.1. The van der Waals surface area contributed by atoms with Crippen molar-refractivity contribution >= 4 is 17.4 Å². The fraction of sp³-hybridized carbons (Fsp3) is 0.150. The monoisotopic (exact) mass is 378 g/mol. The number of H-pyrrole nitrogens is 1. The second-order valence-corrected chi connectivity index (χ2v) is 6.37. The number of benzene rings is 1. The Morgan fingerprint density at radius 1 is 1.25 bits per heavy atom. The van der Waals surface area contributed by atoms with Gasteiger partial charge >= 0.3 is 0 Å². The fourth-order valence-electron chi connectivity index (χ4n) is 3.06. The lowest BCUT2D eigenvalue weighted by Gasteiger charge is -2.21. The van der Waals surface area contributed by atoms with Gasteiger partial charge in [0.25, 0.3) is 5.91 Å². The van der Waals surface area contributed by atoms with Gasteiger partial charge in [0, 0.05) is 30.4 Å². The molecule has 3 aromatic heterocycles. The molecule has 8 heteroatoms. The molecule has 0 bridgehead atoms. The number of anilines is 1. The number of hydrogen-bond acceptors (Lipinski definition) is 4. The Kier molecular flexibility index (Phi) is 4.52. The Hall–Kier alpha value is -3.68. The van der Waals surface area contributed by atoms with Gasteiger partial charge in [0.1, 0.15) is 11.6 Å². The van der Waals surface area contributed by atoms with Crippen LogP contribution in [0, 0.1) is 5.82 Å². The molecule has 28 heavy (non-hydrogen) atoms. The number of hydrogen-bond donors (Lipinski definition) is 2. The van der Waals surface area contributed by atoms with Crippen LogP contribution < -0.4 is 5.73 Å². The van der Waals surface area contributed by atoms with Gasteiger partial charge in [-0.05, 0) is 37.3 Å². The maximum atomic E-state index is 14.0. The molecule has 0 saturated carbocycles. The third-order valence-corrected chi connectivity index (χ3v) is 4.54. The number of nitrogens with one attached hydrogen (secondary N) is 1. The van der Waals surface area contributed by atoms with Crippen LogP contribution in [0.1, 0.15) is 22.8 Å². The van der Waals surface area contributed by atoms with Gasteiger partial charge in [-0.3, -0.25) is 4.79 Å². The highest BCUT2D eigenvalue weighted by Crippen LogP contribution is 2.20. The maximum Gasteiger partial charge on any atom is 0.254 e. The highest BCUT2D eigenvalue weighted by Gasteiger charge is 2.19. The molecule has 4 rings (SSSR count). The lowest BCUT2D eigenvalue weighted by Crippen LogP contribution is -2.30. The van der Waals surface area contributed by atoms with E-state index in [4.69, 9.17) is 5.73 Å². The van der Waals surface area contributed by atoms with Crippen molar-refractivity contribution in [2.24, 2.45) is 0 Å². The first-order chi connectivity index (χ1) is 13.6. The van der Waals surface area contributed by atoms with Crippen LogP contribution in [0.4, 0.5) is 10.2 Å². The Morgan fingerprint density at radius 2 is 2.07 bits per heavy atom. The number of fused-ring (bicyclic) bond motifs is 1. The Morgan fingerprint density at radius 3 is 2.79 bits per heavy atom. The molecule has 0 radical (unpaired) electrons. The summed E-state index contributed by atoms with van der Waals surface area (Å²) in [6, 6.07) is 13.3. The van der Waals surface area contributed by atoms with Crippen molar-refractivity contribution in [3.63, 3.8) is 0 Å². The predicted molar refractivity (Wildman–Crippen MR) is 104 cm³/mol. The number of carbonyl (C=O) groups excluding carboxylic acids is 1. The number of rotatable bonds is 5. The summed E-state index contributed by atoms with van der Waals surface area (Å²) >= 11 is 0. The van der Waals surface area contributed by atoms with Gasteiger partial charge < -0.3 is 15.6 Å². The number of nitrogens with two attached hydrogens (primary N) is 1. The molecule has 0 saturated heterocycles. The molecule has 3 heterocycles. The quantitative estimate of drug-likeness (QED) is 0.558.